The van der Waals surface area contributed by atoms with Crippen molar-refractivity contribution in [1.82, 2.24) is 10.5 Å². The average Bonchev–Trinajstić information content (AvgIpc) is 3.24. The molecule has 0 aliphatic carbocycles. The molecule has 3 aromatic rings. The van der Waals surface area contributed by atoms with E-state index in [1.54, 1.807) is 17.5 Å². The molecule has 0 saturated carbocycles. The van der Waals surface area contributed by atoms with Crippen LogP contribution in [0.2, 0.25) is 0 Å². The second-order valence-electron chi connectivity index (χ2n) is 4.64. The molecule has 0 saturated heterocycles. The van der Waals surface area contributed by atoms with Crippen LogP contribution in [-0.4, -0.2) is 24.0 Å². The van der Waals surface area contributed by atoms with E-state index in [4.69, 9.17) is 4.52 Å². The number of rotatable bonds is 4. The molecule has 0 spiro atoms. The first-order valence-electron chi connectivity index (χ1n) is 6.82. The second kappa shape index (κ2) is 6.45. The van der Waals surface area contributed by atoms with Gasteiger partial charge in [-0.3, -0.25) is 9.59 Å². The smallest absolute Gasteiger partial charge is 0.278 e. The lowest BCUT2D eigenvalue weighted by molar-refractivity contribution is 0.0964. The molecule has 0 atom stereocenters. The SMILES string of the molecule is CNC(=O)c1ccsc1NC(=O)c1cc(-c2ccccc2)on1. The number of hydrogen-bond acceptors (Lipinski definition) is 5. The van der Waals surface area contributed by atoms with Crippen molar-refractivity contribution in [3.8, 4) is 11.3 Å². The van der Waals surface area contributed by atoms with Crippen LogP contribution >= 0.6 is 11.3 Å². The second-order valence-corrected chi connectivity index (χ2v) is 5.56. The van der Waals surface area contributed by atoms with Crippen molar-refractivity contribution in [2.24, 2.45) is 0 Å². The van der Waals surface area contributed by atoms with Gasteiger partial charge in [0.1, 0.15) is 5.00 Å². The monoisotopic (exact) mass is 327 g/mol. The third kappa shape index (κ3) is 3.14. The van der Waals surface area contributed by atoms with Gasteiger partial charge in [-0.05, 0) is 11.4 Å². The van der Waals surface area contributed by atoms with Crippen LogP contribution in [0.5, 0.6) is 0 Å². The Balaban J connectivity index is 1.79. The third-order valence-electron chi connectivity index (χ3n) is 3.17. The summed E-state index contributed by atoms with van der Waals surface area (Å²) in [6, 6.07) is 12.6. The number of carbonyl (C=O) groups excluding carboxylic acids is 2. The Bertz CT molecular complexity index is 839. The highest BCUT2D eigenvalue weighted by Gasteiger charge is 2.18. The molecule has 0 aliphatic rings. The Morgan fingerprint density at radius 2 is 1.91 bits per heavy atom. The van der Waals surface area contributed by atoms with E-state index < -0.39 is 5.91 Å². The van der Waals surface area contributed by atoms with Crippen molar-refractivity contribution in [1.29, 1.82) is 0 Å². The average molecular weight is 327 g/mol. The van der Waals surface area contributed by atoms with Crippen molar-refractivity contribution in [3.05, 3.63) is 59.1 Å². The van der Waals surface area contributed by atoms with Gasteiger partial charge in [0.15, 0.2) is 11.5 Å². The van der Waals surface area contributed by atoms with E-state index in [9.17, 15) is 9.59 Å². The first-order chi connectivity index (χ1) is 11.2. The number of amides is 2. The van der Waals surface area contributed by atoms with Crippen LogP contribution in [0.4, 0.5) is 5.00 Å². The lowest BCUT2D eigenvalue weighted by Gasteiger charge is -2.03. The first kappa shape index (κ1) is 15.0. The van der Waals surface area contributed by atoms with Crippen LogP contribution in [0.25, 0.3) is 11.3 Å². The molecule has 0 unspecified atom stereocenters. The van der Waals surface area contributed by atoms with Gasteiger partial charge in [-0.15, -0.1) is 11.3 Å². The third-order valence-corrected chi connectivity index (χ3v) is 3.99. The summed E-state index contributed by atoms with van der Waals surface area (Å²) >= 11 is 1.27. The van der Waals surface area contributed by atoms with Crippen molar-refractivity contribution in [3.63, 3.8) is 0 Å². The van der Waals surface area contributed by atoms with Crippen molar-refractivity contribution in [2.45, 2.75) is 0 Å². The molecule has 6 nitrogen and oxygen atoms in total. The van der Waals surface area contributed by atoms with Crippen molar-refractivity contribution < 1.29 is 14.1 Å². The topological polar surface area (TPSA) is 84.2 Å². The van der Waals surface area contributed by atoms with Gasteiger partial charge in [0, 0.05) is 18.7 Å². The number of anilines is 1. The van der Waals surface area contributed by atoms with Crippen LogP contribution in [-0.2, 0) is 0 Å². The van der Waals surface area contributed by atoms with E-state index in [1.165, 1.54) is 18.4 Å². The Morgan fingerprint density at radius 3 is 2.65 bits per heavy atom. The molecule has 2 amide bonds. The fourth-order valence-electron chi connectivity index (χ4n) is 2.01. The van der Waals surface area contributed by atoms with Gasteiger partial charge in [-0.2, -0.15) is 0 Å². The molecule has 0 radical (unpaired) electrons. The Morgan fingerprint density at radius 1 is 1.13 bits per heavy atom. The number of hydrogen-bond donors (Lipinski definition) is 2. The summed E-state index contributed by atoms with van der Waals surface area (Å²) in [5, 5.41) is 11.2. The van der Waals surface area contributed by atoms with Gasteiger partial charge in [0.25, 0.3) is 11.8 Å². The largest absolute Gasteiger partial charge is 0.355 e. The number of benzene rings is 1. The maximum absolute atomic E-state index is 12.3. The zero-order valence-corrected chi connectivity index (χ0v) is 13.0. The molecule has 3 rings (SSSR count). The zero-order chi connectivity index (χ0) is 16.2. The maximum atomic E-state index is 12.3. The summed E-state index contributed by atoms with van der Waals surface area (Å²) in [7, 11) is 1.54. The number of nitrogens with zero attached hydrogens (tertiary/aromatic N) is 1. The lowest BCUT2D eigenvalue weighted by atomic mass is 10.1. The number of aromatic nitrogens is 1. The minimum atomic E-state index is -0.427. The normalized spacial score (nSPS) is 10.3. The molecule has 0 aliphatic heterocycles. The molecule has 2 N–H and O–H groups in total. The fourth-order valence-corrected chi connectivity index (χ4v) is 2.79. The molecular formula is C16H13N3O3S. The van der Waals surface area contributed by atoms with Crippen molar-refractivity contribution >= 4 is 28.2 Å². The van der Waals surface area contributed by atoms with E-state index in [0.29, 0.717) is 16.3 Å². The summed E-state index contributed by atoms with van der Waals surface area (Å²) in [6.07, 6.45) is 0. The van der Waals surface area contributed by atoms with Gasteiger partial charge in [0.05, 0.1) is 5.56 Å². The quantitative estimate of drug-likeness (QED) is 0.771. The van der Waals surface area contributed by atoms with Gasteiger partial charge < -0.3 is 15.2 Å². The van der Waals surface area contributed by atoms with Crippen LogP contribution in [0.1, 0.15) is 20.8 Å². The highest BCUT2D eigenvalue weighted by Crippen LogP contribution is 2.25. The van der Waals surface area contributed by atoms with E-state index >= 15 is 0 Å². The van der Waals surface area contributed by atoms with E-state index in [2.05, 4.69) is 15.8 Å². The van der Waals surface area contributed by atoms with Gasteiger partial charge in [0.2, 0.25) is 0 Å². The molecule has 2 heterocycles. The number of carbonyl (C=O) groups is 2. The van der Waals surface area contributed by atoms with Crippen LogP contribution in [0.15, 0.2) is 52.4 Å². The van der Waals surface area contributed by atoms with Crippen LogP contribution < -0.4 is 10.6 Å². The molecule has 7 heteroatoms. The minimum Gasteiger partial charge on any atom is -0.355 e. The minimum absolute atomic E-state index is 0.153. The standard InChI is InChI=1S/C16H13N3O3S/c1-17-14(20)11-7-8-23-16(11)18-15(21)12-9-13(22-19-12)10-5-3-2-4-6-10/h2-9H,1H3,(H,17,20)(H,18,21). The molecule has 0 bridgehead atoms. The number of nitrogens with one attached hydrogen (secondary N) is 2. The molecule has 116 valence electrons. The van der Waals surface area contributed by atoms with E-state index in [0.717, 1.165) is 5.56 Å². The fraction of sp³-hybridized carbons (Fsp3) is 0.0625. The Kier molecular flexibility index (Phi) is 4.20. The maximum Gasteiger partial charge on any atom is 0.278 e. The van der Waals surface area contributed by atoms with E-state index in [-0.39, 0.29) is 11.6 Å². The first-order valence-corrected chi connectivity index (χ1v) is 7.70. The lowest BCUT2D eigenvalue weighted by Crippen LogP contribution is -2.20. The highest BCUT2D eigenvalue weighted by atomic mass is 32.1. The van der Waals surface area contributed by atoms with Crippen molar-refractivity contribution in [2.75, 3.05) is 12.4 Å². The summed E-state index contributed by atoms with van der Waals surface area (Å²) in [6.45, 7) is 0. The number of thiophene rings is 1. The Hall–Kier alpha value is -2.93. The highest BCUT2D eigenvalue weighted by molar-refractivity contribution is 7.14. The molecule has 23 heavy (non-hydrogen) atoms. The van der Waals surface area contributed by atoms with Gasteiger partial charge in [-0.25, -0.2) is 0 Å². The predicted molar refractivity (Wildman–Crippen MR) is 87.6 cm³/mol. The summed E-state index contributed by atoms with van der Waals surface area (Å²) in [4.78, 5) is 24.0. The van der Waals surface area contributed by atoms with E-state index in [1.807, 2.05) is 30.3 Å². The summed E-state index contributed by atoms with van der Waals surface area (Å²) in [5.74, 6) is -0.177. The Labute approximate surface area is 136 Å². The zero-order valence-electron chi connectivity index (χ0n) is 12.2. The van der Waals surface area contributed by atoms with Crippen LogP contribution in [0.3, 0.4) is 0 Å². The predicted octanol–water partition coefficient (Wildman–Crippen LogP) is 3.02. The van der Waals surface area contributed by atoms with Gasteiger partial charge in [-0.1, -0.05) is 35.5 Å². The summed E-state index contributed by atoms with van der Waals surface area (Å²) in [5.41, 5.74) is 1.40. The van der Waals surface area contributed by atoms with Crippen LogP contribution in [0, 0.1) is 0 Å². The molecular weight excluding hydrogens is 314 g/mol. The molecule has 1 aromatic carbocycles. The summed E-state index contributed by atoms with van der Waals surface area (Å²) < 4.78 is 5.20. The van der Waals surface area contributed by atoms with Gasteiger partial charge >= 0.3 is 0 Å². The molecule has 2 aromatic heterocycles. The molecule has 0 fully saturated rings.